The van der Waals surface area contributed by atoms with E-state index in [2.05, 4.69) is 26.6 Å². The molecule has 0 bridgehead atoms. The first kappa shape index (κ1) is 16.3. The molecule has 0 amide bonds. The molecule has 0 heterocycles. The molecule has 1 aromatic rings. The molecule has 0 saturated heterocycles. The van der Waals surface area contributed by atoms with E-state index < -0.39 is 6.29 Å². The number of rotatable bonds is 5. The van der Waals surface area contributed by atoms with Crippen LogP contribution < -0.4 is 10.6 Å². The first-order chi connectivity index (χ1) is 8.97. The number of ether oxygens (including phenoxy) is 2. The van der Waals surface area contributed by atoms with Crippen molar-refractivity contribution >= 4 is 38.9 Å². The zero-order valence-electron chi connectivity index (χ0n) is 10.9. The standard InChI is InChI=1S/C12H16BrFN2O2S/c1-7(11(17-2)18-3)15-12(19)16-10-5-4-8(14)6-9(10)13/h4-7,11H,1-3H3,(H2,15,16,19). The molecule has 0 aliphatic rings. The second-order valence-electron chi connectivity index (χ2n) is 3.85. The first-order valence-electron chi connectivity index (χ1n) is 5.56. The van der Waals surface area contributed by atoms with Crippen molar-refractivity contribution in [3.63, 3.8) is 0 Å². The largest absolute Gasteiger partial charge is 0.355 e. The summed E-state index contributed by atoms with van der Waals surface area (Å²) in [6.45, 7) is 1.88. The SMILES string of the molecule is COC(OC)C(C)NC(=S)Nc1ccc(F)cc1Br. The third kappa shape index (κ3) is 5.02. The Morgan fingerprint density at radius 3 is 2.53 bits per heavy atom. The Hall–Kier alpha value is -0.760. The lowest BCUT2D eigenvalue weighted by molar-refractivity contribution is -0.116. The number of thiocarbonyl (C=S) groups is 1. The van der Waals surface area contributed by atoms with E-state index in [4.69, 9.17) is 21.7 Å². The fourth-order valence-electron chi connectivity index (χ4n) is 1.53. The molecule has 0 fully saturated rings. The molecule has 7 heteroatoms. The average Bonchev–Trinajstić information content (AvgIpc) is 2.34. The minimum absolute atomic E-state index is 0.130. The van der Waals surface area contributed by atoms with Crippen LogP contribution in [0.5, 0.6) is 0 Å². The second kappa shape index (κ2) is 7.74. The Balaban J connectivity index is 2.60. The van der Waals surface area contributed by atoms with Crippen molar-refractivity contribution in [2.75, 3.05) is 19.5 Å². The van der Waals surface area contributed by atoms with Crippen LogP contribution in [0.25, 0.3) is 0 Å². The molecule has 19 heavy (non-hydrogen) atoms. The lowest BCUT2D eigenvalue weighted by atomic mass is 10.3. The van der Waals surface area contributed by atoms with E-state index in [9.17, 15) is 4.39 Å². The van der Waals surface area contributed by atoms with Gasteiger partial charge in [0, 0.05) is 18.7 Å². The number of halogens is 2. The Kier molecular flexibility index (Phi) is 6.64. The average molecular weight is 351 g/mol. The molecule has 0 aliphatic heterocycles. The molecule has 0 saturated carbocycles. The highest BCUT2D eigenvalue weighted by atomic mass is 79.9. The lowest BCUT2D eigenvalue weighted by Gasteiger charge is -2.23. The van der Waals surface area contributed by atoms with E-state index in [-0.39, 0.29) is 11.9 Å². The van der Waals surface area contributed by atoms with Crippen molar-refractivity contribution in [2.24, 2.45) is 0 Å². The van der Waals surface area contributed by atoms with Crippen LogP contribution in [0.1, 0.15) is 6.92 Å². The number of hydrogen-bond acceptors (Lipinski definition) is 3. The number of benzene rings is 1. The van der Waals surface area contributed by atoms with Crippen LogP contribution in [-0.4, -0.2) is 31.7 Å². The van der Waals surface area contributed by atoms with E-state index in [1.807, 2.05) is 6.92 Å². The van der Waals surface area contributed by atoms with Crippen molar-refractivity contribution in [1.29, 1.82) is 0 Å². The van der Waals surface area contributed by atoms with Gasteiger partial charge in [0.1, 0.15) is 5.82 Å². The Labute approximate surface area is 125 Å². The van der Waals surface area contributed by atoms with Gasteiger partial charge in [-0.1, -0.05) is 0 Å². The number of nitrogens with one attached hydrogen (secondary N) is 2. The molecule has 0 spiro atoms. The molecule has 1 unspecified atom stereocenters. The summed E-state index contributed by atoms with van der Waals surface area (Å²) in [6, 6.07) is 4.19. The molecule has 0 aliphatic carbocycles. The summed E-state index contributed by atoms with van der Waals surface area (Å²) in [6.07, 6.45) is -0.406. The zero-order chi connectivity index (χ0) is 14.4. The normalized spacial score (nSPS) is 12.3. The summed E-state index contributed by atoms with van der Waals surface area (Å²) >= 11 is 8.43. The van der Waals surface area contributed by atoms with E-state index in [1.165, 1.54) is 12.1 Å². The van der Waals surface area contributed by atoms with Gasteiger partial charge in [-0.3, -0.25) is 0 Å². The zero-order valence-corrected chi connectivity index (χ0v) is 13.3. The third-order valence-electron chi connectivity index (χ3n) is 2.41. The molecule has 1 atom stereocenters. The Morgan fingerprint density at radius 2 is 2.00 bits per heavy atom. The fraction of sp³-hybridized carbons (Fsp3) is 0.417. The Bertz CT molecular complexity index is 444. The predicted molar refractivity (Wildman–Crippen MR) is 80.7 cm³/mol. The van der Waals surface area contributed by atoms with Gasteiger partial charge in [-0.05, 0) is 53.3 Å². The molecule has 106 valence electrons. The van der Waals surface area contributed by atoms with Crippen molar-refractivity contribution in [3.8, 4) is 0 Å². The summed E-state index contributed by atoms with van der Waals surface area (Å²) in [5.41, 5.74) is 0.678. The van der Waals surface area contributed by atoms with Gasteiger partial charge in [0.25, 0.3) is 0 Å². The van der Waals surface area contributed by atoms with E-state index >= 15 is 0 Å². The number of methoxy groups -OCH3 is 2. The van der Waals surface area contributed by atoms with Gasteiger partial charge in [-0.15, -0.1) is 0 Å². The number of anilines is 1. The maximum Gasteiger partial charge on any atom is 0.176 e. The maximum atomic E-state index is 13.0. The van der Waals surface area contributed by atoms with Crippen molar-refractivity contribution in [3.05, 3.63) is 28.5 Å². The summed E-state index contributed by atoms with van der Waals surface area (Å²) in [4.78, 5) is 0. The van der Waals surface area contributed by atoms with Crippen LogP contribution >= 0.6 is 28.1 Å². The summed E-state index contributed by atoms with van der Waals surface area (Å²) in [7, 11) is 3.11. The van der Waals surface area contributed by atoms with Crippen molar-refractivity contribution in [1.82, 2.24) is 5.32 Å². The summed E-state index contributed by atoms with van der Waals surface area (Å²) < 4.78 is 23.8. The lowest BCUT2D eigenvalue weighted by Crippen LogP contribution is -2.44. The van der Waals surface area contributed by atoms with Crippen LogP contribution in [0.3, 0.4) is 0 Å². The molecular weight excluding hydrogens is 335 g/mol. The molecule has 0 radical (unpaired) electrons. The van der Waals surface area contributed by atoms with Crippen LogP contribution in [0.15, 0.2) is 22.7 Å². The second-order valence-corrected chi connectivity index (χ2v) is 5.11. The van der Waals surface area contributed by atoms with E-state index in [0.29, 0.717) is 15.3 Å². The van der Waals surface area contributed by atoms with Crippen LogP contribution in [0.4, 0.5) is 10.1 Å². The van der Waals surface area contributed by atoms with Gasteiger partial charge in [0.15, 0.2) is 11.4 Å². The topological polar surface area (TPSA) is 42.5 Å². The monoisotopic (exact) mass is 350 g/mol. The quantitative estimate of drug-likeness (QED) is 0.631. The van der Waals surface area contributed by atoms with Gasteiger partial charge in [0.2, 0.25) is 0 Å². The smallest absolute Gasteiger partial charge is 0.176 e. The molecule has 0 aromatic heterocycles. The Morgan fingerprint density at radius 1 is 1.37 bits per heavy atom. The van der Waals surface area contributed by atoms with Crippen molar-refractivity contribution < 1.29 is 13.9 Å². The highest BCUT2D eigenvalue weighted by Gasteiger charge is 2.16. The molecule has 1 rings (SSSR count). The summed E-state index contributed by atoms with van der Waals surface area (Å²) in [5, 5.41) is 6.40. The highest BCUT2D eigenvalue weighted by molar-refractivity contribution is 9.10. The minimum Gasteiger partial charge on any atom is -0.355 e. The summed E-state index contributed by atoms with van der Waals surface area (Å²) in [5.74, 6) is -0.316. The van der Waals surface area contributed by atoms with Gasteiger partial charge < -0.3 is 20.1 Å². The minimum atomic E-state index is -0.406. The van der Waals surface area contributed by atoms with Gasteiger partial charge in [-0.2, -0.15) is 0 Å². The molecule has 2 N–H and O–H groups in total. The highest BCUT2D eigenvalue weighted by Crippen LogP contribution is 2.22. The van der Waals surface area contributed by atoms with E-state index in [1.54, 1.807) is 20.3 Å². The van der Waals surface area contributed by atoms with Crippen LogP contribution in [0.2, 0.25) is 0 Å². The van der Waals surface area contributed by atoms with Crippen molar-refractivity contribution in [2.45, 2.75) is 19.3 Å². The van der Waals surface area contributed by atoms with Gasteiger partial charge in [-0.25, -0.2) is 4.39 Å². The van der Waals surface area contributed by atoms with Gasteiger partial charge in [0.05, 0.1) is 11.7 Å². The molecular formula is C12H16BrFN2O2S. The molecule has 1 aromatic carbocycles. The third-order valence-corrected chi connectivity index (χ3v) is 3.29. The van der Waals surface area contributed by atoms with Crippen LogP contribution in [0, 0.1) is 5.82 Å². The number of hydrogen-bond donors (Lipinski definition) is 2. The maximum absolute atomic E-state index is 13.0. The first-order valence-corrected chi connectivity index (χ1v) is 6.76. The predicted octanol–water partition coefficient (Wildman–Crippen LogP) is 2.88. The van der Waals surface area contributed by atoms with Gasteiger partial charge >= 0.3 is 0 Å². The molecule has 4 nitrogen and oxygen atoms in total. The van der Waals surface area contributed by atoms with E-state index in [0.717, 1.165) is 0 Å². The van der Waals surface area contributed by atoms with Crippen LogP contribution in [-0.2, 0) is 9.47 Å². The fourth-order valence-corrected chi connectivity index (χ4v) is 2.27.